The summed E-state index contributed by atoms with van der Waals surface area (Å²) in [5, 5.41) is 87.4. The monoisotopic (exact) mass is 1200 g/mol. The van der Waals surface area contributed by atoms with Crippen molar-refractivity contribution in [3.8, 4) is 0 Å². The first-order valence-corrected chi connectivity index (χ1v) is 35.9. The van der Waals surface area contributed by atoms with Gasteiger partial charge in [-0.15, -0.1) is 0 Å². The van der Waals surface area contributed by atoms with E-state index in [0.717, 1.165) is 44.9 Å². The Kier molecular flexibility index (Phi) is 52.3. The molecule has 84 heavy (non-hydrogen) atoms. The molecule has 2 heterocycles. The number of nitrogens with one attached hydrogen (secondary N) is 1. The molecule has 2 rings (SSSR count). The molecule has 2 aliphatic heterocycles. The number of hydrogen-bond acceptors (Lipinski definition) is 13. The van der Waals surface area contributed by atoms with Gasteiger partial charge in [0.2, 0.25) is 5.91 Å². The zero-order chi connectivity index (χ0) is 60.9. The average molecular weight is 1200 g/mol. The third kappa shape index (κ3) is 39.7. The number of carbonyl (C=O) groups is 1. The van der Waals surface area contributed by atoms with Crippen molar-refractivity contribution in [2.24, 2.45) is 0 Å². The molecule has 12 atom stereocenters. The number of unbranched alkanes of at least 4 members (excludes halogenated alkanes) is 47. The largest absolute Gasteiger partial charge is 0.394 e. The Morgan fingerprint density at radius 2 is 0.738 bits per heavy atom. The summed E-state index contributed by atoms with van der Waals surface area (Å²) in [6.45, 7) is 2.86. The Bertz CT molecular complexity index is 1460. The number of hydrogen-bond donors (Lipinski definition) is 9. The minimum absolute atomic E-state index is 0.230. The number of allylic oxidation sites excluding steroid dienone is 1. The van der Waals surface area contributed by atoms with Crippen molar-refractivity contribution in [2.75, 3.05) is 19.8 Å². The minimum Gasteiger partial charge on any atom is -0.394 e. The smallest absolute Gasteiger partial charge is 0.220 e. The van der Waals surface area contributed by atoms with E-state index in [0.29, 0.717) is 0 Å². The van der Waals surface area contributed by atoms with Crippen molar-refractivity contribution in [1.82, 2.24) is 5.32 Å². The van der Waals surface area contributed by atoms with E-state index < -0.39 is 86.8 Å². The predicted molar refractivity (Wildman–Crippen MR) is 342 cm³/mol. The molecular weight excluding hydrogens is 1060 g/mol. The quantitative estimate of drug-likeness (QED) is 0.0204. The Hall–Kier alpha value is -1.27. The number of rotatable bonds is 60. The molecule has 1 amide bonds. The molecule has 0 aliphatic carbocycles. The van der Waals surface area contributed by atoms with Gasteiger partial charge in [0.05, 0.1) is 32.0 Å². The van der Waals surface area contributed by atoms with Crippen LogP contribution in [0.3, 0.4) is 0 Å². The number of amides is 1. The highest BCUT2D eigenvalue weighted by Crippen LogP contribution is 2.30. The fraction of sp³-hybridized carbons (Fsp3) is 0.957. The van der Waals surface area contributed by atoms with Crippen LogP contribution in [0.5, 0.6) is 0 Å². The summed E-state index contributed by atoms with van der Waals surface area (Å²) in [6, 6.07) is -0.911. The summed E-state index contributed by atoms with van der Waals surface area (Å²) >= 11 is 0. The fourth-order valence-corrected chi connectivity index (χ4v) is 12.2. The number of carbonyl (C=O) groups excluding carboxylic acids is 1. The zero-order valence-electron chi connectivity index (χ0n) is 54.2. The van der Waals surface area contributed by atoms with Crippen molar-refractivity contribution in [3.63, 3.8) is 0 Å². The van der Waals surface area contributed by atoms with Crippen molar-refractivity contribution in [2.45, 2.75) is 408 Å². The SMILES string of the molecule is CCCCCCCCCCCCCCCCCCCCC/C=C/C(O)C(COC1OC(CO)C(OC2OC(CO)C(O)C(O)C2O)C(O)C1O)NC(=O)CCCCCCCCCCCCCCCCCCCCCCCCCCCCCCC. The van der Waals surface area contributed by atoms with E-state index >= 15 is 0 Å². The van der Waals surface area contributed by atoms with Crippen molar-refractivity contribution >= 4 is 5.91 Å². The Balaban J connectivity index is 1.66. The molecule has 0 bridgehead atoms. The normalized spacial score (nSPS) is 23.6. The first-order chi connectivity index (χ1) is 41.1. The van der Waals surface area contributed by atoms with Gasteiger partial charge >= 0.3 is 0 Å². The highest BCUT2D eigenvalue weighted by molar-refractivity contribution is 5.76. The van der Waals surface area contributed by atoms with Crippen molar-refractivity contribution in [3.05, 3.63) is 12.2 Å². The lowest BCUT2D eigenvalue weighted by Crippen LogP contribution is -2.65. The Labute approximate surface area is 514 Å². The van der Waals surface area contributed by atoms with Crippen LogP contribution in [0.1, 0.15) is 335 Å². The van der Waals surface area contributed by atoms with Gasteiger partial charge in [-0.05, 0) is 19.3 Å². The maximum atomic E-state index is 13.3. The molecule has 0 aromatic heterocycles. The summed E-state index contributed by atoms with van der Waals surface area (Å²) in [5.41, 5.74) is 0. The third-order valence-electron chi connectivity index (χ3n) is 18.0. The number of aliphatic hydroxyl groups is 8. The van der Waals surface area contributed by atoms with E-state index in [1.165, 1.54) is 270 Å². The van der Waals surface area contributed by atoms with Gasteiger partial charge in [0.15, 0.2) is 12.6 Å². The molecule has 2 aliphatic rings. The van der Waals surface area contributed by atoms with Crippen LogP contribution in [0.25, 0.3) is 0 Å². The van der Waals surface area contributed by atoms with Crippen molar-refractivity contribution in [1.29, 1.82) is 0 Å². The van der Waals surface area contributed by atoms with Gasteiger partial charge in [-0.3, -0.25) is 4.79 Å². The molecular formula is C70H135NO13. The number of ether oxygens (including phenoxy) is 4. The van der Waals surface area contributed by atoms with Crippen LogP contribution in [-0.4, -0.2) is 140 Å². The Morgan fingerprint density at radius 1 is 0.417 bits per heavy atom. The summed E-state index contributed by atoms with van der Waals surface area (Å²) in [7, 11) is 0. The van der Waals surface area contributed by atoms with Crippen LogP contribution in [-0.2, 0) is 23.7 Å². The average Bonchev–Trinajstić information content (AvgIpc) is 3.67. The maximum absolute atomic E-state index is 13.3. The van der Waals surface area contributed by atoms with Crippen LogP contribution >= 0.6 is 0 Å². The summed E-state index contributed by atoms with van der Waals surface area (Å²) in [6.07, 6.45) is 51.3. The second-order valence-electron chi connectivity index (χ2n) is 25.7. The van der Waals surface area contributed by atoms with E-state index in [1.54, 1.807) is 6.08 Å². The maximum Gasteiger partial charge on any atom is 0.220 e. The van der Waals surface area contributed by atoms with Crippen LogP contribution in [0.2, 0.25) is 0 Å². The van der Waals surface area contributed by atoms with Gasteiger partial charge in [0.25, 0.3) is 0 Å². The summed E-state index contributed by atoms with van der Waals surface area (Å²) in [5.74, 6) is -0.230. The molecule has 14 nitrogen and oxygen atoms in total. The molecule has 0 radical (unpaired) electrons. The molecule has 498 valence electrons. The summed E-state index contributed by atoms with van der Waals surface area (Å²) < 4.78 is 22.9. The fourth-order valence-electron chi connectivity index (χ4n) is 12.2. The molecule has 0 saturated carbocycles. The van der Waals surface area contributed by atoms with E-state index in [-0.39, 0.29) is 18.9 Å². The van der Waals surface area contributed by atoms with E-state index in [1.807, 2.05) is 6.08 Å². The van der Waals surface area contributed by atoms with E-state index in [4.69, 9.17) is 18.9 Å². The minimum atomic E-state index is -1.79. The molecule has 12 unspecified atom stereocenters. The van der Waals surface area contributed by atoms with Crippen LogP contribution in [0.15, 0.2) is 12.2 Å². The second kappa shape index (κ2) is 55.8. The predicted octanol–water partition coefficient (Wildman–Crippen LogP) is 14.6. The Morgan fingerprint density at radius 3 is 1.10 bits per heavy atom. The first kappa shape index (κ1) is 78.8. The van der Waals surface area contributed by atoms with Crippen LogP contribution < -0.4 is 5.32 Å². The molecule has 2 fully saturated rings. The molecule has 14 heteroatoms. The zero-order valence-corrected chi connectivity index (χ0v) is 54.2. The standard InChI is InChI=1S/C70H135NO13/c1-3-5-7-9-11-13-15-17-19-21-23-25-26-27-28-29-30-31-32-34-36-38-40-42-44-46-48-50-52-54-62(75)71-58(59(74)53-51-49-47-45-43-41-39-37-35-33-24-22-20-18-16-14-12-10-8-6-4-2)57-81-69-67(80)65(78)68(61(56-73)83-69)84-70-66(79)64(77)63(76)60(55-72)82-70/h51,53,58-61,63-70,72-74,76-80H,3-50,52,54-57H2,1-2H3,(H,71,75)/b53-51+. The molecule has 0 aromatic carbocycles. The lowest BCUT2D eigenvalue weighted by molar-refractivity contribution is -0.359. The van der Waals surface area contributed by atoms with E-state index in [2.05, 4.69) is 19.2 Å². The molecule has 9 N–H and O–H groups in total. The van der Waals surface area contributed by atoms with Gasteiger partial charge in [-0.2, -0.15) is 0 Å². The number of aliphatic hydroxyl groups excluding tert-OH is 8. The van der Waals surface area contributed by atoms with Crippen LogP contribution in [0.4, 0.5) is 0 Å². The first-order valence-electron chi connectivity index (χ1n) is 35.9. The van der Waals surface area contributed by atoms with Crippen LogP contribution in [0, 0.1) is 0 Å². The summed E-state index contributed by atoms with van der Waals surface area (Å²) in [4.78, 5) is 13.3. The van der Waals surface area contributed by atoms with Gasteiger partial charge in [-0.1, -0.05) is 321 Å². The highest BCUT2D eigenvalue weighted by atomic mass is 16.7. The third-order valence-corrected chi connectivity index (χ3v) is 18.0. The molecule has 0 spiro atoms. The highest BCUT2D eigenvalue weighted by Gasteiger charge is 2.51. The van der Waals surface area contributed by atoms with Gasteiger partial charge in [-0.25, -0.2) is 0 Å². The van der Waals surface area contributed by atoms with Crippen molar-refractivity contribution < 1.29 is 64.6 Å². The van der Waals surface area contributed by atoms with Gasteiger partial charge in [0.1, 0.15) is 48.8 Å². The second-order valence-corrected chi connectivity index (χ2v) is 25.7. The lowest BCUT2D eigenvalue weighted by atomic mass is 9.97. The topological polar surface area (TPSA) is 228 Å². The lowest BCUT2D eigenvalue weighted by Gasteiger charge is -2.46. The van der Waals surface area contributed by atoms with E-state index in [9.17, 15) is 45.6 Å². The molecule has 2 saturated heterocycles. The van der Waals surface area contributed by atoms with Gasteiger partial charge in [0, 0.05) is 6.42 Å². The molecule has 0 aromatic rings. The van der Waals surface area contributed by atoms with Gasteiger partial charge < -0.3 is 65.1 Å².